The number of aryl methyl sites for hydroxylation is 1. The lowest BCUT2D eigenvalue weighted by Crippen LogP contribution is -2.30. The van der Waals surface area contributed by atoms with Crippen molar-refractivity contribution in [2.24, 2.45) is 0 Å². The van der Waals surface area contributed by atoms with Gasteiger partial charge in [0.2, 0.25) is 0 Å². The van der Waals surface area contributed by atoms with Crippen LogP contribution in [0.1, 0.15) is 43.0 Å². The Morgan fingerprint density at radius 3 is 2.89 bits per heavy atom. The number of ether oxygens (including phenoxy) is 1. The number of unbranched alkanes of at least 4 members (excludes halogenated alkanes) is 3. The summed E-state index contributed by atoms with van der Waals surface area (Å²) < 4.78 is 5.47. The molecule has 2 N–H and O–H groups in total. The third kappa shape index (κ3) is 7.67. The molecule has 1 heterocycles. The van der Waals surface area contributed by atoms with Gasteiger partial charge < -0.3 is 15.2 Å². The van der Waals surface area contributed by atoms with Crippen molar-refractivity contribution in [2.45, 2.75) is 52.2 Å². The highest BCUT2D eigenvalue weighted by molar-refractivity contribution is 7.10. The molecule has 0 saturated carbocycles. The van der Waals surface area contributed by atoms with Crippen molar-refractivity contribution in [2.75, 3.05) is 19.8 Å². The highest BCUT2D eigenvalue weighted by Crippen LogP contribution is 2.14. The first-order valence-corrected chi connectivity index (χ1v) is 8.11. The molecule has 19 heavy (non-hydrogen) atoms. The van der Waals surface area contributed by atoms with E-state index in [0.29, 0.717) is 13.2 Å². The van der Waals surface area contributed by atoms with Crippen LogP contribution in [0.5, 0.6) is 0 Å². The van der Waals surface area contributed by atoms with Gasteiger partial charge in [0.15, 0.2) is 0 Å². The van der Waals surface area contributed by atoms with E-state index < -0.39 is 6.10 Å². The van der Waals surface area contributed by atoms with E-state index in [-0.39, 0.29) is 0 Å². The van der Waals surface area contributed by atoms with E-state index >= 15 is 0 Å². The molecule has 0 radical (unpaired) electrons. The lowest BCUT2D eigenvalue weighted by atomic mass is 10.2. The van der Waals surface area contributed by atoms with Crippen LogP contribution in [0.15, 0.2) is 11.4 Å². The standard InChI is InChI=1S/C15H27NO2S/c1-3-4-5-6-8-18-12-14(17)10-16-11-15-13(2)7-9-19-15/h7,9,14,16-17H,3-6,8,10-12H2,1-2H3. The maximum atomic E-state index is 9.77. The minimum absolute atomic E-state index is 0.411. The molecular weight excluding hydrogens is 258 g/mol. The molecule has 3 nitrogen and oxygen atoms in total. The molecular formula is C15H27NO2S. The smallest absolute Gasteiger partial charge is 0.0897 e. The SMILES string of the molecule is CCCCCCOCC(O)CNCc1sccc1C. The Kier molecular flexibility index (Phi) is 9.08. The van der Waals surface area contributed by atoms with Gasteiger partial charge in [0.25, 0.3) is 0 Å². The Labute approximate surface area is 121 Å². The molecule has 0 saturated heterocycles. The first-order chi connectivity index (χ1) is 9.24. The number of aliphatic hydroxyl groups is 1. The first kappa shape index (κ1) is 16.6. The second-order valence-corrected chi connectivity index (χ2v) is 5.95. The predicted octanol–water partition coefficient (Wildman–Crippen LogP) is 3.10. The van der Waals surface area contributed by atoms with Crippen LogP contribution in [0.25, 0.3) is 0 Å². The monoisotopic (exact) mass is 285 g/mol. The van der Waals surface area contributed by atoms with Crippen LogP contribution < -0.4 is 5.32 Å². The summed E-state index contributed by atoms with van der Waals surface area (Å²) in [5.41, 5.74) is 1.32. The van der Waals surface area contributed by atoms with Gasteiger partial charge in [-0.2, -0.15) is 0 Å². The second-order valence-electron chi connectivity index (χ2n) is 4.95. The van der Waals surface area contributed by atoms with Crippen molar-refractivity contribution in [3.8, 4) is 0 Å². The van der Waals surface area contributed by atoms with Crippen LogP contribution in [0.3, 0.4) is 0 Å². The van der Waals surface area contributed by atoms with E-state index in [1.807, 2.05) is 0 Å². The fraction of sp³-hybridized carbons (Fsp3) is 0.733. The van der Waals surface area contributed by atoms with Crippen LogP contribution in [0.2, 0.25) is 0 Å². The maximum absolute atomic E-state index is 9.77. The Hall–Kier alpha value is -0.420. The number of rotatable bonds is 11. The zero-order chi connectivity index (χ0) is 13.9. The minimum Gasteiger partial charge on any atom is -0.389 e. The summed E-state index contributed by atoms with van der Waals surface area (Å²) >= 11 is 1.75. The summed E-state index contributed by atoms with van der Waals surface area (Å²) in [4.78, 5) is 1.34. The third-order valence-corrected chi connectivity index (χ3v) is 4.11. The minimum atomic E-state index is -0.411. The summed E-state index contributed by atoms with van der Waals surface area (Å²) in [5.74, 6) is 0. The summed E-state index contributed by atoms with van der Waals surface area (Å²) in [6.07, 6.45) is 4.43. The van der Waals surface area contributed by atoms with Gasteiger partial charge in [0.1, 0.15) is 0 Å². The fourth-order valence-corrected chi connectivity index (χ4v) is 2.72. The average Bonchev–Trinajstić information content (AvgIpc) is 2.79. The summed E-state index contributed by atoms with van der Waals surface area (Å²) in [6, 6.07) is 2.12. The van der Waals surface area contributed by atoms with E-state index in [4.69, 9.17) is 4.74 Å². The quantitative estimate of drug-likeness (QED) is 0.614. The van der Waals surface area contributed by atoms with Crippen molar-refractivity contribution >= 4 is 11.3 Å². The second kappa shape index (κ2) is 10.4. The van der Waals surface area contributed by atoms with Gasteiger partial charge >= 0.3 is 0 Å². The van der Waals surface area contributed by atoms with E-state index in [1.54, 1.807) is 11.3 Å². The van der Waals surface area contributed by atoms with E-state index in [2.05, 4.69) is 30.6 Å². The van der Waals surface area contributed by atoms with E-state index in [1.165, 1.54) is 29.7 Å². The topological polar surface area (TPSA) is 41.5 Å². The van der Waals surface area contributed by atoms with Gasteiger partial charge in [-0.15, -0.1) is 11.3 Å². The predicted molar refractivity (Wildman–Crippen MR) is 81.7 cm³/mol. The molecule has 110 valence electrons. The Bertz CT molecular complexity index is 328. The average molecular weight is 285 g/mol. The molecule has 0 fully saturated rings. The Morgan fingerprint density at radius 2 is 2.21 bits per heavy atom. The molecule has 0 aliphatic carbocycles. The zero-order valence-electron chi connectivity index (χ0n) is 12.2. The molecule has 1 atom stereocenters. The van der Waals surface area contributed by atoms with Gasteiger partial charge in [0, 0.05) is 24.6 Å². The number of hydrogen-bond donors (Lipinski definition) is 2. The number of nitrogens with one attached hydrogen (secondary N) is 1. The normalized spacial score (nSPS) is 12.8. The largest absolute Gasteiger partial charge is 0.389 e. The van der Waals surface area contributed by atoms with Gasteiger partial charge in [0.05, 0.1) is 12.7 Å². The molecule has 0 spiro atoms. The molecule has 1 rings (SSSR count). The molecule has 4 heteroatoms. The number of hydrogen-bond acceptors (Lipinski definition) is 4. The Balaban J connectivity index is 1.96. The van der Waals surface area contributed by atoms with E-state index in [0.717, 1.165) is 19.6 Å². The highest BCUT2D eigenvalue weighted by Gasteiger charge is 2.05. The van der Waals surface area contributed by atoms with Crippen molar-refractivity contribution in [1.29, 1.82) is 0 Å². The molecule has 1 unspecified atom stereocenters. The highest BCUT2D eigenvalue weighted by atomic mass is 32.1. The molecule has 0 amide bonds. The van der Waals surface area contributed by atoms with Crippen molar-refractivity contribution in [3.63, 3.8) is 0 Å². The van der Waals surface area contributed by atoms with Gasteiger partial charge in [-0.3, -0.25) is 0 Å². The maximum Gasteiger partial charge on any atom is 0.0897 e. The fourth-order valence-electron chi connectivity index (χ4n) is 1.85. The van der Waals surface area contributed by atoms with Gasteiger partial charge in [-0.05, 0) is 30.4 Å². The van der Waals surface area contributed by atoms with Crippen LogP contribution >= 0.6 is 11.3 Å². The molecule has 1 aromatic heterocycles. The molecule has 0 aliphatic heterocycles. The van der Waals surface area contributed by atoms with Crippen LogP contribution in [0.4, 0.5) is 0 Å². The number of aliphatic hydroxyl groups excluding tert-OH is 1. The molecule has 1 aromatic rings. The summed E-state index contributed by atoms with van der Waals surface area (Å²) in [7, 11) is 0. The summed E-state index contributed by atoms with van der Waals surface area (Å²) in [6.45, 7) is 6.93. The van der Waals surface area contributed by atoms with Gasteiger partial charge in [-0.25, -0.2) is 0 Å². The lowest BCUT2D eigenvalue weighted by Gasteiger charge is -2.12. The third-order valence-electron chi connectivity index (χ3n) is 3.09. The van der Waals surface area contributed by atoms with Crippen molar-refractivity contribution in [1.82, 2.24) is 5.32 Å². The zero-order valence-corrected chi connectivity index (χ0v) is 13.0. The first-order valence-electron chi connectivity index (χ1n) is 7.23. The molecule has 0 aromatic carbocycles. The van der Waals surface area contributed by atoms with Gasteiger partial charge in [-0.1, -0.05) is 26.2 Å². The van der Waals surface area contributed by atoms with Crippen LogP contribution in [0, 0.1) is 6.92 Å². The van der Waals surface area contributed by atoms with Crippen molar-refractivity contribution < 1.29 is 9.84 Å². The van der Waals surface area contributed by atoms with Crippen LogP contribution in [-0.2, 0) is 11.3 Å². The van der Waals surface area contributed by atoms with Crippen molar-refractivity contribution in [3.05, 3.63) is 21.9 Å². The summed E-state index contributed by atoms with van der Waals surface area (Å²) in [5, 5.41) is 15.1. The number of thiophene rings is 1. The van der Waals surface area contributed by atoms with Crippen LogP contribution in [-0.4, -0.2) is 31.0 Å². The Morgan fingerprint density at radius 1 is 1.37 bits per heavy atom. The molecule has 0 aliphatic rings. The van der Waals surface area contributed by atoms with E-state index in [9.17, 15) is 5.11 Å². The lowest BCUT2D eigenvalue weighted by molar-refractivity contribution is 0.0353. The molecule has 0 bridgehead atoms.